The van der Waals surface area contributed by atoms with Gasteiger partial charge in [0.05, 0.1) is 21.5 Å². The molecule has 37 heavy (non-hydrogen) atoms. The number of hydrogen-bond donors (Lipinski definition) is 0. The molecule has 0 bridgehead atoms. The number of fused-ring (bicyclic) bond motifs is 3. The molecule has 0 spiro atoms. The topological polar surface area (TPSA) is 53.0 Å². The summed E-state index contributed by atoms with van der Waals surface area (Å²) in [5.41, 5.74) is 5.41. The van der Waals surface area contributed by atoms with Crippen LogP contribution in [-0.4, -0.2) is 16.7 Å². The maximum atomic E-state index is 14.6. The van der Waals surface area contributed by atoms with Crippen molar-refractivity contribution in [3.8, 4) is 0 Å². The fourth-order valence-electron chi connectivity index (χ4n) is 4.22. The number of pyridine rings is 1. The van der Waals surface area contributed by atoms with Gasteiger partial charge in [-0.05, 0) is 70.8 Å². The van der Waals surface area contributed by atoms with E-state index in [1.165, 1.54) is 30.0 Å². The Morgan fingerprint density at radius 1 is 1.00 bits per heavy atom. The van der Waals surface area contributed by atoms with Gasteiger partial charge >= 0.3 is 29.6 Å². The van der Waals surface area contributed by atoms with Crippen LogP contribution in [0.5, 0.6) is 0 Å². The number of thioether (sulfide) groups is 1. The number of carboxylic acids is 1. The Morgan fingerprint density at radius 3 is 2.65 bits per heavy atom. The van der Waals surface area contributed by atoms with E-state index in [0.29, 0.717) is 27.9 Å². The molecule has 8 heteroatoms. The summed E-state index contributed by atoms with van der Waals surface area (Å²) in [6, 6.07) is 17.4. The number of carbonyl (C=O) groups excluding carboxylic acids is 1. The number of carbonyl (C=O) groups is 1. The van der Waals surface area contributed by atoms with Crippen molar-refractivity contribution in [3.63, 3.8) is 0 Å². The maximum Gasteiger partial charge on any atom is 1.00 e. The number of benzene rings is 3. The monoisotopic (exact) mass is 541 g/mol. The molecule has 0 fully saturated rings. The van der Waals surface area contributed by atoms with Crippen molar-refractivity contribution in [2.75, 3.05) is 5.75 Å². The molecule has 4 aromatic rings. The first-order valence-corrected chi connectivity index (χ1v) is 12.7. The van der Waals surface area contributed by atoms with Crippen LogP contribution in [0.2, 0.25) is 5.02 Å². The summed E-state index contributed by atoms with van der Waals surface area (Å²) in [7, 11) is 0. The SMILES string of the molecule is O=C([O-])CCSC1c2cc(/C=C/c3ccc4cc(F)c(Cl)cc4n3)ccc2C=Cc2c(F)cccc21.[Na+]. The second-order valence-electron chi connectivity index (χ2n) is 8.37. The van der Waals surface area contributed by atoms with E-state index in [4.69, 9.17) is 11.6 Å². The van der Waals surface area contributed by atoms with E-state index in [9.17, 15) is 18.7 Å². The van der Waals surface area contributed by atoms with Gasteiger partial charge in [-0.15, -0.1) is 11.8 Å². The summed E-state index contributed by atoms with van der Waals surface area (Å²) in [5.74, 6) is -1.57. The van der Waals surface area contributed by atoms with Crippen molar-refractivity contribution in [2.24, 2.45) is 0 Å². The summed E-state index contributed by atoms with van der Waals surface area (Å²) in [4.78, 5) is 15.6. The molecule has 0 radical (unpaired) electrons. The van der Waals surface area contributed by atoms with E-state index >= 15 is 0 Å². The summed E-state index contributed by atoms with van der Waals surface area (Å²) in [5, 5.41) is 11.4. The summed E-state index contributed by atoms with van der Waals surface area (Å²) >= 11 is 7.36. The number of rotatable bonds is 6. The number of hydrogen-bond acceptors (Lipinski definition) is 4. The van der Waals surface area contributed by atoms with Crippen molar-refractivity contribution in [2.45, 2.75) is 11.7 Å². The molecule has 1 heterocycles. The third-order valence-corrected chi connectivity index (χ3v) is 7.55. The minimum absolute atomic E-state index is 0. The average Bonchev–Trinajstić information content (AvgIpc) is 3.01. The first-order valence-electron chi connectivity index (χ1n) is 11.2. The quantitative estimate of drug-likeness (QED) is 0.349. The number of halogens is 3. The summed E-state index contributed by atoms with van der Waals surface area (Å²) in [6.07, 6.45) is 7.35. The molecule has 3 nitrogen and oxygen atoms in total. The van der Waals surface area contributed by atoms with Crippen LogP contribution in [0.4, 0.5) is 8.78 Å². The van der Waals surface area contributed by atoms with E-state index in [1.54, 1.807) is 24.3 Å². The predicted molar refractivity (Wildman–Crippen MR) is 141 cm³/mol. The Morgan fingerprint density at radius 2 is 1.84 bits per heavy atom. The zero-order chi connectivity index (χ0) is 25.2. The van der Waals surface area contributed by atoms with E-state index < -0.39 is 11.8 Å². The normalized spacial score (nSPS) is 14.2. The first-order chi connectivity index (χ1) is 17.4. The molecular formula is C29H19ClF2NNaO2S. The minimum Gasteiger partial charge on any atom is -0.550 e. The van der Waals surface area contributed by atoms with Crippen LogP contribution in [0, 0.1) is 11.6 Å². The van der Waals surface area contributed by atoms with Crippen molar-refractivity contribution >= 4 is 64.5 Å². The van der Waals surface area contributed by atoms with Gasteiger partial charge < -0.3 is 9.90 Å². The van der Waals surface area contributed by atoms with Gasteiger partial charge in [0.25, 0.3) is 0 Å². The van der Waals surface area contributed by atoms with Crippen molar-refractivity contribution in [1.29, 1.82) is 0 Å². The standard InChI is InChI=1S/C29H20ClF2NO2S.Na/c30-24-16-27-19(15-26(24)32)7-10-20(33-27)9-5-17-4-6-18-8-11-21-22(2-1-3-25(21)31)29(23(18)14-17)36-13-12-28(34)35;/h1-11,14-16,29H,12-13H2,(H,34,35);/q;+1/p-1/b9-5+;. The van der Waals surface area contributed by atoms with Gasteiger partial charge in [-0.2, -0.15) is 0 Å². The number of aliphatic carboxylic acids is 1. The van der Waals surface area contributed by atoms with Gasteiger partial charge in [-0.3, -0.25) is 0 Å². The summed E-state index contributed by atoms with van der Waals surface area (Å²) in [6.45, 7) is 0. The second-order valence-corrected chi connectivity index (χ2v) is 9.99. The maximum absolute atomic E-state index is 14.6. The Bertz CT molecular complexity index is 1560. The van der Waals surface area contributed by atoms with Gasteiger partial charge in [0.15, 0.2) is 0 Å². The Kier molecular flexibility index (Phi) is 8.88. The van der Waals surface area contributed by atoms with Gasteiger partial charge in [0.2, 0.25) is 0 Å². The molecule has 1 aromatic heterocycles. The van der Waals surface area contributed by atoms with Gasteiger partial charge in [-0.1, -0.05) is 60.2 Å². The van der Waals surface area contributed by atoms with E-state index in [0.717, 1.165) is 22.3 Å². The van der Waals surface area contributed by atoms with Crippen LogP contribution in [0.3, 0.4) is 0 Å². The number of aromatic nitrogens is 1. The smallest absolute Gasteiger partial charge is 0.550 e. The minimum atomic E-state index is -1.11. The molecule has 5 rings (SSSR count). The van der Waals surface area contributed by atoms with Crippen molar-refractivity contribution < 1.29 is 48.2 Å². The van der Waals surface area contributed by atoms with Crippen molar-refractivity contribution in [3.05, 3.63) is 111 Å². The molecular weight excluding hydrogens is 523 g/mol. The van der Waals surface area contributed by atoms with Crippen LogP contribution >= 0.6 is 23.4 Å². The molecule has 1 aliphatic rings. The first kappa shape index (κ1) is 27.6. The molecule has 0 saturated heterocycles. The van der Waals surface area contributed by atoms with E-state index in [1.807, 2.05) is 42.5 Å². The Hall–Kier alpha value is -2.48. The molecule has 0 amide bonds. The average molecular weight is 542 g/mol. The van der Waals surface area contributed by atoms with Gasteiger partial charge in [0.1, 0.15) is 11.6 Å². The summed E-state index contributed by atoms with van der Waals surface area (Å²) < 4.78 is 28.3. The molecule has 1 unspecified atom stereocenters. The third kappa shape index (κ3) is 6.16. The van der Waals surface area contributed by atoms with E-state index in [-0.39, 0.29) is 52.1 Å². The van der Waals surface area contributed by atoms with Crippen LogP contribution < -0.4 is 34.7 Å². The van der Waals surface area contributed by atoms with Crippen LogP contribution in [0.1, 0.15) is 45.2 Å². The third-order valence-electron chi connectivity index (χ3n) is 5.98. The Labute approximate surface area is 244 Å². The molecule has 1 atom stereocenters. The largest absolute Gasteiger partial charge is 1.00 e. The molecule has 0 N–H and O–H groups in total. The number of carboxylic acid groups (broad SMARTS) is 1. The molecule has 180 valence electrons. The molecule has 1 aliphatic carbocycles. The molecule has 3 aromatic carbocycles. The molecule has 0 saturated carbocycles. The van der Waals surface area contributed by atoms with Gasteiger partial charge in [0, 0.05) is 16.9 Å². The second kappa shape index (κ2) is 11.9. The predicted octanol–water partition coefficient (Wildman–Crippen LogP) is 3.79. The van der Waals surface area contributed by atoms with Gasteiger partial charge in [-0.25, -0.2) is 13.8 Å². The van der Waals surface area contributed by atoms with Crippen LogP contribution in [0.15, 0.2) is 60.7 Å². The van der Waals surface area contributed by atoms with Crippen LogP contribution in [-0.2, 0) is 4.79 Å². The van der Waals surface area contributed by atoms with E-state index in [2.05, 4.69) is 4.98 Å². The number of nitrogens with zero attached hydrogens (tertiary/aromatic N) is 1. The van der Waals surface area contributed by atoms with Crippen LogP contribution in [0.25, 0.3) is 35.2 Å². The zero-order valence-corrected chi connectivity index (χ0v) is 23.5. The Balaban J connectivity index is 0.00000320. The fraction of sp³-hybridized carbons (Fsp3) is 0.103. The molecule has 0 aliphatic heterocycles. The van der Waals surface area contributed by atoms with Crippen molar-refractivity contribution in [1.82, 2.24) is 4.98 Å². The fourth-order valence-corrected chi connectivity index (χ4v) is 5.67. The zero-order valence-electron chi connectivity index (χ0n) is 19.9.